The van der Waals surface area contributed by atoms with E-state index in [0.29, 0.717) is 23.3 Å². The predicted octanol–water partition coefficient (Wildman–Crippen LogP) is 3.04. The quantitative estimate of drug-likeness (QED) is 0.727. The van der Waals surface area contributed by atoms with Gasteiger partial charge in [-0.1, -0.05) is 29.5 Å². The van der Waals surface area contributed by atoms with E-state index in [1.54, 1.807) is 24.3 Å². The van der Waals surface area contributed by atoms with Crippen LogP contribution in [-0.4, -0.2) is 30.1 Å². The van der Waals surface area contributed by atoms with Gasteiger partial charge < -0.3 is 0 Å². The first-order valence-corrected chi connectivity index (χ1v) is 11.9. The highest BCUT2D eigenvalue weighted by atomic mass is 32.2. The molecule has 1 heterocycles. The number of nitrogens with one attached hydrogen (secondary N) is 2. The Morgan fingerprint density at radius 1 is 1.00 bits per heavy atom. The lowest BCUT2D eigenvalue weighted by Crippen LogP contribution is -2.59. The summed E-state index contributed by atoms with van der Waals surface area (Å²) >= 11 is 0.887. The van der Waals surface area contributed by atoms with Gasteiger partial charge in [0.15, 0.2) is 0 Å². The lowest BCUT2D eigenvalue weighted by molar-refractivity contribution is -0.00811. The van der Waals surface area contributed by atoms with Gasteiger partial charge in [0.05, 0.1) is 0 Å². The molecule has 148 valence electrons. The summed E-state index contributed by atoms with van der Waals surface area (Å²) in [6.07, 6.45) is 6.51. The third-order valence-corrected chi connectivity index (χ3v) is 9.07. The topological polar surface area (TPSA) is 101 Å². The molecule has 4 saturated carbocycles. The highest BCUT2D eigenvalue weighted by molar-refractivity contribution is 7.91. The Bertz CT molecular complexity index is 968. The molecule has 1 aromatic carbocycles. The standard InChI is InChI=1S/C19H22N4O3S2/c24-16(15-4-2-1-3-5-15)20-17-21-22-18(27-17)28(25,26)23-19-9-12-6-13(10-19)8-14(7-12)11-19/h1-5,12-14,23H,6-11H2,(H,20,21,24). The number of benzene rings is 1. The summed E-state index contributed by atoms with van der Waals surface area (Å²) in [6, 6.07) is 8.72. The minimum absolute atomic E-state index is 0.0911. The fraction of sp³-hybridized carbons (Fsp3) is 0.526. The molecule has 6 rings (SSSR count). The highest BCUT2D eigenvalue weighted by Crippen LogP contribution is 2.56. The molecule has 0 aliphatic heterocycles. The summed E-state index contributed by atoms with van der Waals surface area (Å²) in [5.74, 6) is 1.59. The summed E-state index contributed by atoms with van der Waals surface area (Å²) in [6.45, 7) is 0. The Kier molecular flexibility index (Phi) is 4.29. The summed E-state index contributed by atoms with van der Waals surface area (Å²) in [4.78, 5) is 12.2. The summed E-state index contributed by atoms with van der Waals surface area (Å²) < 4.78 is 28.8. The average Bonchev–Trinajstić information content (AvgIpc) is 3.10. The zero-order valence-corrected chi connectivity index (χ0v) is 16.9. The van der Waals surface area contributed by atoms with Crippen molar-refractivity contribution in [2.45, 2.75) is 48.4 Å². The minimum atomic E-state index is -3.76. The molecule has 9 heteroatoms. The van der Waals surface area contributed by atoms with Gasteiger partial charge in [-0.3, -0.25) is 10.1 Å². The van der Waals surface area contributed by atoms with Crippen LogP contribution >= 0.6 is 11.3 Å². The first kappa shape index (κ1) is 18.2. The van der Waals surface area contributed by atoms with Gasteiger partial charge in [0.2, 0.25) is 9.47 Å². The fourth-order valence-electron chi connectivity index (χ4n) is 5.69. The number of rotatable bonds is 5. The van der Waals surface area contributed by atoms with Crippen molar-refractivity contribution in [2.75, 3.05) is 5.32 Å². The molecule has 2 aromatic rings. The third-order valence-electron chi connectivity index (χ3n) is 6.28. The van der Waals surface area contributed by atoms with Gasteiger partial charge in [-0.05, 0) is 68.4 Å². The van der Waals surface area contributed by atoms with Crippen molar-refractivity contribution in [1.29, 1.82) is 0 Å². The third kappa shape index (κ3) is 3.35. The predicted molar refractivity (Wildman–Crippen MR) is 106 cm³/mol. The molecule has 4 bridgehead atoms. The molecule has 28 heavy (non-hydrogen) atoms. The van der Waals surface area contributed by atoms with Crippen LogP contribution in [0.1, 0.15) is 48.9 Å². The van der Waals surface area contributed by atoms with Crippen LogP contribution in [0, 0.1) is 17.8 Å². The second-order valence-corrected chi connectivity index (χ2v) is 11.3. The monoisotopic (exact) mass is 418 g/mol. The van der Waals surface area contributed by atoms with Gasteiger partial charge in [0.1, 0.15) is 0 Å². The number of nitrogens with zero attached hydrogens (tertiary/aromatic N) is 2. The number of hydrogen-bond acceptors (Lipinski definition) is 6. The van der Waals surface area contributed by atoms with E-state index in [0.717, 1.165) is 30.6 Å². The van der Waals surface area contributed by atoms with E-state index < -0.39 is 10.0 Å². The smallest absolute Gasteiger partial charge is 0.270 e. The number of carbonyl (C=O) groups excluding carboxylic acids is 1. The molecular weight excluding hydrogens is 396 g/mol. The lowest BCUT2D eigenvalue weighted by Gasteiger charge is -2.56. The molecule has 0 saturated heterocycles. The first-order chi connectivity index (χ1) is 13.4. The number of carbonyl (C=O) groups is 1. The lowest BCUT2D eigenvalue weighted by atomic mass is 9.53. The van der Waals surface area contributed by atoms with Gasteiger partial charge in [-0.25, -0.2) is 13.1 Å². The number of sulfonamides is 1. The van der Waals surface area contributed by atoms with Crippen molar-refractivity contribution in [1.82, 2.24) is 14.9 Å². The van der Waals surface area contributed by atoms with Crippen LogP contribution in [0.4, 0.5) is 5.13 Å². The zero-order chi connectivity index (χ0) is 19.4. The Morgan fingerprint density at radius 3 is 2.21 bits per heavy atom. The molecule has 0 radical (unpaired) electrons. The number of hydrogen-bond donors (Lipinski definition) is 2. The minimum Gasteiger partial charge on any atom is -0.296 e. The van der Waals surface area contributed by atoms with Crippen LogP contribution in [0.2, 0.25) is 0 Å². The fourth-order valence-corrected chi connectivity index (χ4v) is 8.02. The summed E-state index contributed by atoms with van der Waals surface area (Å²) in [5.41, 5.74) is 0.154. The second-order valence-electron chi connectivity index (χ2n) is 8.50. The van der Waals surface area contributed by atoms with Crippen molar-refractivity contribution in [2.24, 2.45) is 17.8 Å². The normalized spacial score (nSPS) is 31.1. The Balaban J connectivity index is 1.32. The van der Waals surface area contributed by atoms with Crippen LogP contribution in [0.3, 0.4) is 0 Å². The van der Waals surface area contributed by atoms with E-state index in [-0.39, 0.29) is 20.9 Å². The van der Waals surface area contributed by atoms with Crippen LogP contribution < -0.4 is 10.0 Å². The maximum atomic E-state index is 13.0. The Labute approximate surface area is 168 Å². The van der Waals surface area contributed by atoms with Gasteiger partial charge in [-0.15, -0.1) is 10.2 Å². The van der Waals surface area contributed by atoms with E-state index in [1.165, 1.54) is 19.3 Å². The molecule has 0 unspecified atom stereocenters. The van der Waals surface area contributed by atoms with Gasteiger partial charge in [-0.2, -0.15) is 0 Å². The molecule has 4 aliphatic rings. The molecule has 2 N–H and O–H groups in total. The largest absolute Gasteiger partial charge is 0.296 e. The summed E-state index contributed by atoms with van der Waals surface area (Å²) in [7, 11) is -3.76. The SMILES string of the molecule is O=C(Nc1nnc(S(=O)(=O)NC23CC4CC(CC(C4)C2)C3)s1)c1ccccc1. The molecule has 0 spiro atoms. The van der Waals surface area contributed by atoms with Crippen LogP contribution in [0.15, 0.2) is 34.7 Å². The van der Waals surface area contributed by atoms with E-state index in [4.69, 9.17) is 0 Å². The van der Waals surface area contributed by atoms with E-state index in [9.17, 15) is 13.2 Å². The van der Waals surface area contributed by atoms with Gasteiger partial charge in [0.25, 0.3) is 15.9 Å². The average molecular weight is 419 g/mol. The van der Waals surface area contributed by atoms with Crippen LogP contribution in [0.5, 0.6) is 0 Å². The number of amides is 1. The van der Waals surface area contributed by atoms with Gasteiger partial charge in [0, 0.05) is 11.1 Å². The molecular formula is C19H22N4O3S2. The maximum Gasteiger partial charge on any atom is 0.270 e. The maximum absolute atomic E-state index is 13.0. The van der Waals surface area contributed by atoms with Crippen molar-refractivity contribution in [3.63, 3.8) is 0 Å². The molecule has 1 amide bonds. The van der Waals surface area contributed by atoms with E-state index in [1.807, 2.05) is 6.07 Å². The van der Waals surface area contributed by atoms with Crippen molar-refractivity contribution < 1.29 is 13.2 Å². The molecule has 4 fully saturated rings. The Morgan fingerprint density at radius 2 is 1.61 bits per heavy atom. The number of anilines is 1. The first-order valence-electron chi connectivity index (χ1n) is 9.65. The van der Waals surface area contributed by atoms with Crippen LogP contribution in [-0.2, 0) is 10.0 Å². The number of aromatic nitrogens is 2. The van der Waals surface area contributed by atoms with Crippen LogP contribution in [0.25, 0.3) is 0 Å². The van der Waals surface area contributed by atoms with Crippen molar-refractivity contribution in [3.8, 4) is 0 Å². The highest BCUT2D eigenvalue weighted by Gasteiger charge is 2.52. The molecule has 4 aliphatic carbocycles. The molecule has 1 aromatic heterocycles. The van der Waals surface area contributed by atoms with Gasteiger partial charge >= 0.3 is 0 Å². The summed E-state index contributed by atoms with van der Waals surface area (Å²) in [5, 5.41) is 10.5. The van der Waals surface area contributed by atoms with E-state index >= 15 is 0 Å². The second kappa shape index (κ2) is 6.60. The van der Waals surface area contributed by atoms with Crippen molar-refractivity contribution >= 4 is 32.4 Å². The van der Waals surface area contributed by atoms with Crippen molar-refractivity contribution in [3.05, 3.63) is 35.9 Å². The molecule has 7 nitrogen and oxygen atoms in total. The van der Waals surface area contributed by atoms with E-state index in [2.05, 4.69) is 20.2 Å². The Hall–Kier alpha value is -1.84. The molecule has 0 atom stereocenters. The zero-order valence-electron chi connectivity index (χ0n) is 15.3.